The molecule has 1 N–H and O–H groups in total. The van der Waals surface area contributed by atoms with E-state index in [4.69, 9.17) is 19.3 Å². The van der Waals surface area contributed by atoms with Gasteiger partial charge in [-0.1, -0.05) is 0 Å². The maximum absolute atomic E-state index is 12.5. The fourth-order valence-corrected chi connectivity index (χ4v) is 1.98. The van der Waals surface area contributed by atoms with Crippen LogP contribution in [0.3, 0.4) is 0 Å². The summed E-state index contributed by atoms with van der Waals surface area (Å²) in [7, 11) is 1.49. The van der Waals surface area contributed by atoms with Gasteiger partial charge in [-0.25, -0.2) is 0 Å². The van der Waals surface area contributed by atoms with Gasteiger partial charge in [-0.15, -0.1) is 0 Å². The van der Waals surface area contributed by atoms with Gasteiger partial charge in [-0.2, -0.15) is 0 Å². The smallest absolute Gasteiger partial charge is 0.323 e. The molecule has 0 unspecified atom stereocenters. The quantitative estimate of drug-likeness (QED) is 0.704. The number of rotatable bonds is 10. The van der Waals surface area contributed by atoms with Gasteiger partial charge in [-0.3, -0.25) is 9.59 Å². The molecule has 1 aromatic rings. The van der Waals surface area contributed by atoms with Gasteiger partial charge in [0.2, 0.25) is 0 Å². The van der Waals surface area contributed by atoms with Crippen LogP contribution in [-0.2, 0) is 9.53 Å². The van der Waals surface area contributed by atoms with Crippen molar-refractivity contribution in [3.8, 4) is 11.5 Å². The van der Waals surface area contributed by atoms with Gasteiger partial charge in [0.25, 0.3) is 5.91 Å². The highest BCUT2D eigenvalue weighted by molar-refractivity contribution is 5.96. The van der Waals surface area contributed by atoms with Crippen LogP contribution in [-0.4, -0.2) is 61.9 Å². The van der Waals surface area contributed by atoms with E-state index in [0.717, 1.165) is 0 Å². The summed E-state index contributed by atoms with van der Waals surface area (Å²) in [5.41, 5.74) is 0.342. The van der Waals surface area contributed by atoms with Gasteiger partial charge in [0.1, 0.15) is 6.54 Å². The number of carboxylic acid groups (broad SMARTS) is 1. The summed E-state index contributed by atoms with van der Waals surface area (Å²) in [5.74, 6) is -0.464. The molecule has 1 amide bonds. The van der Waals surface area contributed by atoms with Crippen molar-refractivity contribution >= 4 is 11.9 Å². The molecule has 0 atom stereocenters. The van der Waals surface area contributed by atoms with E-state index in [0.29, 0.717) is 30.3 Å². The highest BCUT2D eigenvalue weighted by Gasteiger charge is 2.20. The SMILES string of the molecule is CCOc1ccc(C(=O)N(CCOC)CC(=O)O)cc1OCC. The number of ether oxygens (including phenoxy) is 3. The van der Waals surface area contributed by atoms with Crippen LogP contribution < -0.4 is 9.47 Å². The van der Waals surface area contributed by atoms with E-state index in [1.165, 1.54) is 12.0 Å². The molecule has 1 rings (SSSR count). The van der Waals surface area contributed by atoms with E-state index in [2.05, 4.69) is 0 Å². The number of benzene rings is 1. The molecule has 0 aliphatic heterocycles. The maximum atomic E-state index is 12.5. The van der Waals surface area contributed by atoms with Gasteiger partial charge in [0, 0.05) is 19.2 Å². The first-order chi connectivity index (χ1) is 11.0. The standard InChI is InChI=1S/C16H23NO6/c1-4-22-13-7-6-12(10-14(13)23-5-2)16(20)17(8-9-21-3)11-15(18)19/h6-7,10H,4-5,8-9,11H2,1-3H3,(H,18,19). The third-order valence-electron chi connectivity index (χ3n) is 2.97. The summed E-state index contributed by atoms with van der Waals surface area (Å²) in [4.78, 5) is 24.7. The van der Waals surface area contributed by atoms with Crippen molar-refractivity contribution in [2.24, 2.45) is 0 Å². The molecule has 7 nitrogen and oxygen atoms in total. The van der Waals surface area contributed by atoms with Crippen LogP contribution in [0.1, 0.15) is 24.2 Å². The van der Waals surface area contributed by atoms with Crippen LogP contribution >= 0.6 is 0 Å². The Labute approximate surface area is 135 Å². The number of carbonyl (C=O) groups excluding carboxylic acids is 1. The monoisotopic (exact) mass is 325 g/mol. The third-order valence-corrected chi connectivity index (χ3v) is 2.97. The molecule has 0 heterocycles. The highest BCUT2D eigenvalue weighted by atomic mass is 16.5. The Morgan fingerprint density at radius 2 is 1.78 bits per heavy atom. The number of nitrogens with zero attached hydrogens (tertiary/aromatic N) is 1. The zero-order chi connectivity index (χ0) is 17.2. The van der Waals surface area contributed by atoms with Gasteiger partial charge in [-0.05, 0) is 32.0 Å². The average molecular weight is 325 g/mol. The number of hydrogen-bond acceptors (Lipinski definition) is 5. The van der Waals surface area contributed by atoms with Crippen LogP contribution in [0.15, 0.2) is 18.2 Å². The normalized spacial score (nSPS) is 10.2. The minimum Gasteiger partial charge on any atom is -0.490 e. The largest absolute Gasteiger partial charge is 0.490 e. The lowest BCUT2D eigenvalue weighted by Crippen LogP contribution is -2.38. The molecule has 23 heavy (non-hydrogen) atoms. The molecule has 128 valence electrons. The zero-order valence-corrected chi connectivity index (χ0v) is 13.7. The summed E-state index contributed by atoms with van der Waals surface area (Å²) in [6, 6.07) is 4.81. The lowest BCUT2D eigenvalue weighted by molar-refractivity contribution is -0.137. The predicted molar refractivity (Wildman–Crippen MR) is 84.2 cm³/mol. The van der Waals surface area contributed by atoms with Gasteiger partial charge < -0.3 is 24.2 Å². The van der Waals surface area contributed by atoms with Gasteiger partial charge in [0.15, 0.2) is 11.5 Å². The minimum atomic E-state index is -1.08. The second-order valence-electron chi connectivity index (χ2n) is 4.64. The molecule has 7 heteroatoms. The molecule has 0 saturated carbocycles. The summed E-state index contributed by atoms with van der Waals surface area (Å²) in [5, 5.41) is 8.95. The molecule has 0 saturated heterocycles. The Morgan fingerprint density at radius 3 is 2.35 bits per heavy atom. The first kappa shape index (κ1) is 18.8. The number of amides is 1. The summed E-state index contributed by atoms with van der Waals surface area (Å²) < 4.78 is 15.9. The third kappa shape index (κ3) is 5.78. The molecule has 0 aliphatic carbocycles. The molecular weight excluding hydrogens is 302 g/mol. The van der Waals surface area contributed by atoms with E-state index in [9.17, 15) is 9.59 Å². The Kier molecular flexibility index (Phi) is 7.90. The van der Waals surface area contributed by atoms with Crippen LogP contribution in [0, 0.1) is 0 Å². The van der Waals surface area contributed by atoms with Crippen molar-refractivity contribution < 1.29 is 28.9 Å². The summed E-state index contributed by atoms with van der Waals surface area (Å²) in [6.45, 7) is 4.66. The molecule has 0 bridgehead atoms. The van der Waals surface area contributed by atoms with Crippen LogP contribution in [0.25, 0.3) is 0 Å². The van der Waals surface area contributed by atoms with E-state index in [1.807, 2.05) is 13.8 Å². The first-order valence-corrected chi connectivity index (χ1v) is 7.43. The number of methoxy groups -OCH3 is 1. The van der Waals surface area contributed by atoms with Crippen molar-refractivity contribution in [3.05, 3.63) is 23.8 Å². The van der Waals surface area contributed by atoms with E-state index in [1.54, 1.807) is 18.2 Å². The molecule has 0 aromatic heterocycles. The Morgan fingerprint density at radius 1 is 1.13 bits per heavy atom. The van der Waals surface area contributed by atoms with Crippen molar-refractivity contribution in [3.63, 3.8) is 0 Å². The Balaban J connectivity index is 3.02. The average Bonchev–Trinajstić information content (AvgIpc) is 2.52. The van der Waals surface area contributed by atoms with Crippen molar-refractivity contribution in [1.82, 2.24) is 4.90 Å². The molecule has 0 fully saturated rings. The number of carboxylic acids is 1. The molecule has 0 radical (unpaired) electrons. The number of carbonyl (C=O) groups is 2. The highest BCUT2D eigenvalue weighted by Crippen LogP contribution is 2.29. The van der Waals surface area contributed by atoms with Crippen LogP contribution in [0.4, 0.5) is 0 Å². The van der Waals surface area contributed by atoms with Gasteiger partial charge in [0.05, 0.1) is 19.8 Å². The fraction of sp³-hybridized carbons (Fsp3) is 0.500. The van der Waals surface area contributed by atoms with Gasteiger partial charge >= 0.3 is 5.97 Å². The number of hydrogen-bond donors (Lipinski definition) is 1. The maximum Gasteiger partial charge on any atom is 0.323 e. The zero-order valence-electron chi connectivity index (χ0n) is 13.7. The lowest BCUT2D eigenvalue weighted by atomic mass is 10.1. The lowest BCUT2D eigenvalue weighted by Gasteiger charge is -2.21. The van der Waals surface area contributed by atoms with Crippen LogP contribution in [0.5, 0.6) is 11.5 Å². The van der Waals surface area contributed by atoms with Crippen molar-refractivity contribution in [2.75, 3.05) is 40.0 Å². The summed E-state index contributed by atoms with van der Waals surface area (Å²) >= 11 is 0. The second-order valence-corrected chi connectivity index (χ2v) is 4.64. The number of aliphatic carboxylic acids is 1. The van der Waals surface area contributed by atoms with Crippen molar-refractivity contribution in [2.45, 2.75) is 13.8 Å². The molecule has 0 aliphatic rings. The van der Waals surface area contributed by atoms with E-state index in [-0.39, 0.29) is 19.7 Å². The van der Waals surface area contributed by atoms with E-state index < -0.39 is 11.9 Å². The fourth-order valence-electron chi connectivity index (χ4n) is 1.98. The molecule has 1 aromatic carbocycles. The van der Waals surface area contributed by atoms with Crippen molar-refractivity contribution in [1.29, 1.82) is 0 Å². The van der Waals surface area contributed by atoms with Crippen LogP contribution in [0.2, 0.25) is 0 Å². The predicted octanol–water partition coefficient (Wildman–Crippen LogP) is 1.66. The van der Waals surface area contributed by atoms with E-state index >= 15 is 0 Å². The Hall–Kier alpha value is -2.28. The summed E-state index contributed by atoms with van der Waals surface area (Å²) in [6.07, 6.45) is 0. The topological polar surface area (TPSA) is 85.3 Å². The Bertz CT molecular complexity index is 531. The molecular formula is C16H23NO6. The first-order valence-electron chi connectivity index (χ1n) is 7.43. The second kappa shape index (κ2) is 9.68. The minimum absolute atomic E-state index is 0.193. The molecule has 0 spiro atoms.